The maximum absolute atomic E-state index is 12.3. The number of hydrogen-bond donors (Lipinski definition) is 2. The van der Waals surface area contributed by atoms with Gasteiger partial charge in [0.25, 0.3) is 5.91 Å². The molecule has 2 N–H and O–H groups in total. The molecule has 0 saturated carbocycles. The largest absolute Gasteiger partial charge is 0.373 e. The number of carbonyl (C=O) groups is 1. The lowest BCUT2D eigenvalue weighted by molar-refractivity contribution is 0.0930. The first-order valence-electron chi connectivity index (χ1n) is 7.16. The first-order chi connectivity index (χ1) is 9.15. The number of rotatable bonds is 4. The van der Waals surface area contributed by atoms with Gasteiger partial charge in [0.1, 0.15) is 5.82 Å². The summed E-state index contributed by atoms with van der Waals surface area (Å²) in [4.78, 5) is 16.9. The molecule has 0 fully saturated rings. The lowest BCUT2D eigenvalue weighted by atomic mass is 9.90. The number of nitrogens with zero attached hydrogens (tertiary/aromatic N) is 1. The van der Waals surface area contributed by atoms with Crippen molar-refractivity contribution in [1.82, 2.24) is 10.3 Å². The fraction of sp³-hybridized carbons (Fsp3) is 0.625. The number of pyridine rings is 1. The van der Waals surface area contributed by atoms with E-state index in [0.29, 0.717) is 11.5 Å². The van der Waals surface area contributed by atoms with Gasteiger partial charge < -0.3 is 10.6 Å². The summed E-state index contributed by atoms with van der Waals surface area (Å²) in [6.45, 7) is 12.5. The molecule has 112 valence electrons. The fourth-order valence-electron chi connectivity index (χ4n) is 1.63. The molecule has 1 heterocycles. The van der Waals surface area contributed by atoms with Crippen molar-refractivity contribution in [2.24, 2.45) is 5.92 Å². The van der Waals surface area contributed by atoms with Gasteiger partial charge in [-0.15, -0.1) is 0 Å². The van der Waals surface area contributed by atoms with E-state index in [4.69, 9.17) is 0 Å². The number of carbonyl (C=O) groups excluding carboxylic acids is 1. The van der Waals surface area contributed by atoms with E-state index in [1.165, 1.54) is 0 Å². The lowest BCUT2D eigenvalue weighted by Gasteiger charge is -2.21. The van der Waals surface area contributed by atoms with Crippen LogP contribution in [0.1, 0.15) is 57.6 Å². The van der Waals surface area contributed by atoms with Crippen molar-refractivity contribution in [3.8, 4) is 0 Å². The predicted molar refractivity (Wildman–Crippen MR) is 84.2 cm³/mol. The molecule has 0 aliphatic rings. The zero-order chi connectivity index (χ0) is 15.5. The Morgan fingerprint density at radius 1 is 1.20 bits per heavy atom. The van der Waals surface area contributed by atoms with Crippen molar-refractivity contribution in [2.75, 3.05) is 12.4 Å². The summed E-state index contributed by atoms with van der Waals surface area (Å²) in [6, 6.07) is 3.81. The minimum absolute atomic E-state index is 0.0457. The van der Waals surface area contributed by atoms with Crippen molar-refractivity contribution >= 4 is 11.7 Å². The summed E-state index contributed by atoms with van der Waals surface area (Å²) in [5.74, 6) is 1.09. The molecule has 1 rings (SSSR count). The molecule has 0 radical (unpaired) electrons. The molecule has 0 aliphatic carbocycles. The Kier molecular flexibility index (Phi) is 5.15. The monoisotopic (exact) mass is 277 g/mol. The van der Waals surface area contributed by atoms with Crippen molar-refractivity contribution in [3.63, 3.8) is 0 Å². The Hall–Kier alpha value is -1.58. The van der Waals surface area contributed by atoms with Crippen LogP contribution in [0, 0.1) is 5.92 Å². The van der Waals surface area contributed by atoms with E-state index >= 15 is 0 Å². The van der Waals surface area contributed by atoms with Crippen LogP contribution in [0.2, 0.25) is 0 Å². The molecule has 1 aromatic heterocycles. The topological polar surface area (TPSA) is 54.0 Å². The SMILES string of the molecule is CNc1cc(C(=O)NC(C)C(C)C)cc(C(C)(C)C)n1. The van der Waals surface area contributed by atoms with Gasteiger partial charge in [0, 0.05) is 29.8 Å². The molecular weight excluding hydrogens is 250 g/mol. The second-order valence-corrected chi connectivity index (χ2v) is 6.63. The molecular formula is C16H27N3O. The van der Waals surface area contributed by atoms with E-state index in [-0.39, 0.29) is 17.4 Å². The maximum Gasteiger partial charge on any atom is 0.251 e. The number of amides is 1. The van der Waals surface area contributed by atoms with Crippen molar-refractivity contribution in [1.29, 1.82) is 0 Å². The average Bonchev–Trinajstić information content (AvgIpc) is 2.36. The molecule has 0 aliphatic heterocycles. The lowest BCUT2D eigenvalue weighted by Crippen LogP contribution is -2.36. The van der Waals surface area contributed by atoms with Crippen LogP contribution in [0.3, 0.4) is 0 Å². The quantitative estimate of drug-likeness (QED) is 0.888. The molecule has 1 aromatic rings. The summed E-state index contributed by atoms with van der Waals surface area (Å²) in [7, 11) is 1.81. The van der Waals surface area contributed by atoms with Gasteiger partial charge in [0.2, 0.25) is 0 Å². The van der Waals surface area contributed by atoms with Crippen molar-refractivity contribution in [2.45, 2.75) is 53.0 Å². The Bertz CT molecular complexity index is 475. The van der Waals surface area contributed by atoms with Crippen LogP contribution in [0.15, 0.2) is 12.1 Å². The van der Waals surface area contributed by atoms with Crippen LogP contribution in [0.25, 0.3) is 0 Å². The fourth-order valence-corrected chi connectivity index (χ4v) is 1.63. The third-order valence-electron chi connectivity index (χ3n) is 3.47. The summed E-state index contributed by atoms with van der Waals surface area (Å²) in [6.07, 6.45) is 0. The minimum Gasteiger partial charge on any atom is -0.373 e. The minimum atomic E-state index is -0.0917. The number of nitrogens with one attached hydrogen (secondary N) is 2. The van der Waals surface area contributed by atoms with E-state index in [1.807, 2.05) is 20.0 Å². The zero-order valence-electron chi connectivity index (χ0n) is 13.7. The van der Waals surface area contributed by atoms with Gasteiger partial charge >= 0.3 is 0 Å². The van der Waals surface area contributed by atoms with Crippen LogP contribution in [0.5, 0.6) is 0 Å². The zero-order valence-corrected chi connectivity index (χ0v) is 13.7. The Labute approximate surface area is 122 Å². The van der Waals surface area contributed by atoms with E-state index in [0.717, 1.165) is 11.5 Å². The smallest absolute Gasteiger partial charge is 0.251 e. The second kappa shape index (κ2) is 6.25. The molecule has 1 unspecified atom stereocenters. The summed E-state index contributed by atoms with van der Waals surface area (Å²) in [5, 5.41) is 6.05. The molecule has 0 bridgehead atoms. The van der Waals surface area contributed by atoms with Gasteiger partial charge in [-0.2, -0.15) is 0 Å². The van der Waals surface area contributed by atoms with E-state index < -0.39 is 0 Å². The van der Waals surface area contributed by atoms with Crippen LogP contribution in [0.4, 0.5) is 5.82 Å². The van der Waals surface area contributed by atoms with Gasteiger partial charge in [-0.25, -0.2) is 4.98 Å². The number of hydrogen-bond acceptors (Lipinski definition) is 3. The van der Waals surface area contributed by atoms with E-state index in [1.54, 1.807) is 6.07 Å². The van der Waals surface area contributed by atoms with Gasteiger partial charge in [0.05, 0.1) is 0 Å². The Morgan fingerprint density at radius 2 is 1.80 bits per heavy atom. The standard InChI is InChI=1S/C16H27N3O/c1-10(2)11(3)18-15(20)12-8-13(16(4,5)6)19-14(9-12)17-7/h8-11H,1-7H3,(H,17,19)(H,18,20). The first kappa shape index (κ1) is 16.5. The van der Waals surface area contributed by atoms with Gasteiger partial charge in [-0.05, 0) is 25.0 Å². The predicted octanol–water partition coefficient (Wildman–Crippen LogP) is 3.20. The highest BCUT2D eigenvalue weighted by Crippen LogP contribution is 2.23. The molecule has 0 spiro atoms. The molecule has 1 atom stereocenters. The van der Waals surface area contributed by atoms with Crippen LogP contribution >= 0.6 is 0 Å². The number of anilines is 1. The van der Waals surface area contributed by atoms with Gasteiger partial charge in [-0.1, -0.05) is 34.6 Å². The number of aromatic nitrogens is 1. The highest BCUT2D eigenvalue weighted by molar-refractivity contribution is 5.95. The average molecular weight is 277 g/mol. The van der Waals surface area contributed by atoms with Crippen LogP contribution < -0.4 is 10.6 Å². The highest BCUT2D eigenvalue weighted by atomic mass is 16.1. The maximum atomic E-state index is 12.3. The molecule has 20 heavy (non-hydrogen) atoms. The Balaban J connectivity index is 3.08. The third-order valence-corrected chi connectivity index (χ3v) is 3.47. The molecule has 1 amide bonds. The molecule has 4 nitrogen and oxygen atoms in total. The van der Waals surface area contributed by atoms with Gasteiger partial charge in [-0.3, -0.25) is 4.79 Å². The molecule has 0 aromatic carbocycles. The molecule has 0 saturated heterocycles. The normalized spacial score (nSPS) is 13.2. The third kappa shape index (κ3) is 4.22. The first-order valence-corrected chi connectivity index (χ1v) is 7.16. The summed E-state index contributed by atoms with van der Waals surface area (Å²) in [5.41, 5.74) is 1.47. The van der Waals surface area contributed by atoms with Crippen LogP contribution in [-0.4, -0.2) is 24.0 Å². The second-order valence-electron chi connectivity index (χ2n) is 6.63. The summed E-state index contributed by atoms with van der Waals surface area (Å²) < 4.78 is 0. The van der Waals surface area contributed by atoms with E-state index in [9.17, 15) is 4.79 Å². The van der Waals surface area contributed by atoms with Gasteiger partial charge in [0.15, 0.2) is 0 Å². The molecule has 4 heteroatoms. The highest BCUT2D eigenvalue weighted by Gasteiger charge is 2.20. The van der Waals surface area contributed by atoms with Crippen molar-refractivity contribution < 1.29 is 4.79 Å². The Morgan fingerprint density at radius 3 is 2.25 bits per heavy atom. The van der Waals surface area contributed by atoms with Crippen molar-refractivity contribution in [3.05, 3.63) is 23.4 Å². The van der Waals surface area contributed by atoms with E-state index in [2.05, 4.69) is 50.2 Å². The summed E-state index contributed by atoms with van der Waals surface area (Å²) >= 11 is 0. The van der Waals surface area contributed by atoms with Crippen LogP contribution in [-0.2, 0) is 5.41 Å².